The molecule has 0 bridgehead atoms. The summed E-state index contributed by atoms with van der Waals surface area (Å²) in [6, 6.07) is 3.41. The van der Waals surface area contributed by atoms with Gasteiger partial charge in [0.2, 0.25) is 0 Å². The fraction of sp³-hybridized carbons (Fsp3) is 0.231. The number of ether oxygens (including phenoxy) is 1. The molecule has 1 aromatic rings. The van der Waals surface area contributed by atoms with E-state index in [0.29, 0.717) is 28.5 Å². The first kappa shape index (κ1) is 16.5. The summed E-state index contributed by atoms with van der Waals surface area (Å²) in [5, 5.41) is 17.1. The van der Waals surface area contributed by atoms with Gasteiger partial charge in [0.15, 0.2) is 16.6 Å². The summed E-state index contributed by atoms with van der Waals surface area (Å²) >= 11 is 8.25. The van der Waals surface area contributed by atoms with Crippen LogP contribution in [0.2, 0.25) is 0 Å². The maximum atomic E-state index is 9.79. The number of nitrogens with zero attached hydrogens (tertiary/aromatic N) is 1. The van der Waals surface area contributed by atoms with Crippen LogP contribution in [0.4, 0.5) is 0 Å². The molecule has 3 N–H and O–H groups in total. The average molecular weight is 358 g/mol. The van der Waals surface area contributed by atoms with Gasteiger partial charge < -0.3 is 15.2 Å². The number of hydrazone groups is 1. The highest BCUT2D eigenvalue weighted by Crippen LogP contribution is 2.34. The van der Waals surface area contributed by atoms with Gasteiger partial charge in [0, 0.05) is 6.54 Å². The van der Waals surface area contributed by atoms with Crippen LogP contribution in [0.25, 0.3) is 0 Å². The van der Waals surface area contributed by atoms with E-state index in [1.807, 2.05) is 6.92 Å². The number of thiocarbonyl (C=S) groups is 1. The molecule has 0 radical (unpaired) electrons. The SMILES string of the molecule is C=CCNC(=S)N/N=C\c1cc(Br)c(O)c(OCC)c1. The molecular formula is C13H16BrN3O2S. The predicted molar refractivity (Wildman–Crippen MR) is 88.5 cm³/mol. The topological polar surface area (TPSA) is 65.9 Å². The Kier molecular flexibility index (Phi) is 7.03. The van der Waals surface area contributed by atoms with Crippen molar-refractivity contribution in [2.75, 3.05) is 13.2 Å². The largest absolute Gasteiger partial charge is 0.503 e. The number of rotatable bonds is 6. The molecule has 7 heteroatoms. The van der Waals surface area contributed by atoms with Gasteiger partial charge in [-0.1, -0.05) is 6.08 Å². The molecule has 5 nitrogen and oxygen atoms in total. The van der Waals surface area contributed by atoms with E-state index in [1.54, 1.807) is 24.4 Å². The molecule has 0 saturated carbocycles. The van der Waals surface area contributed by atoms with Gasteiger partial charge in [0.25, 0.3) is 0 Å². The van der Waals surface area contributed by atoms with Crippen LogP contribution in [-0.4, -0.2) is 29.6 Å². The van der Waals surface area contributed by atoms with E-state index in [-0.39, 0.29) is 5.75 Å². The Hall–Kier alpha value is -1.60. The van der Waals surface area contributed by atoms with Gasteiger partial charge in [-0.2, -0.15) is 5.10 Å². The van der Waals surface area contributed by atoms with Gasteiger partial charge in [-0.25, -0.2) is 0 Å². The second-order valence-electron chi connectivity index (χ2n) is 3.65. The number of hydrogen-bond donors (Lipinski definition) is 3. The number of nitrogens with one attached hydrogen (secondary N) is 2. The Morgan fingerprint density at radius 2 is 2.35 bits per heavy atom. The summed E-state index contributed by atoms with van der Waals surface area (Å²) < 4.78 is 5.87. The number of halogens is 1. The van der Waals surface area contributed by atoms with Gasteiger partial charge in [0.1, 0.15) is 0 Å². The van der Waals surface area contributed by atoms with E-state index in [9.17, 15) is 5.11 Å². The van der Waals surface area contributed by atoms with Crippen molar-refractivity contribution in [2.45, 2.75) is 6.92 Å². The number of phenolic OH excluding ortho intramolecular Hbond substituents is 1. The highest BCUT2D eigenvalue weighted by atomic mass is 79.9. The molecule has 0 spiro atoms. The summed E-state index contributed by atoms with van der Waals surface area (Å²) in [5.74, 6) is 0.468. The van der Waals surface area contributed by atoms with E-state index in [0.717, 1.165) is 5.56 Å². The van der Waals surface area contributed by atoms with Gasteiger partial charge in [-0.3, -0.25) is 5.43 Å². The third kappa shape index (κ3) is 5.18. The third-order valence-electron chi connectivity index (χ3n) is 2.14. The van der Waals surface area contributed by atoms with Crippen molar-refractivity contribution >= 4 is 39.5 Å². The molecule has 0 aliphatic carbocycles. The van der Waals surface area contributed by atoms with E-state index in [2.05, 4.69) is 38.4 Å². The van der Waals surface area contributed by atoms with Crippen molar-refractivity contribution in [3.63, 3.8) is 0 Å². The molecular weight excluding hydrogens is 342 g/mol. The summed E-state index contributed by atoms with van der Waals surface area (Å²) in [6.07, 6.45) is 3.28. The van der Waals surface area contributed by atoms with Crippen molar-refractivity contribution < 1.29 is 9.84 Å². The summed E-state index contributed by atoms with van der Waals surface area (Å²) in [6.45, 7) is 6.46. The lowest BCUT2D eigenvalue weighted by molar-refractivity contribution is 0.317. The monoisotopic (exact) mass is 357 g/mol. The first-order chi connectivity index (χ1) is 9.58. The lowest BCUT2D eigenvalue weighted by Crippen LogP contribution is -2.31. The fourth-order valence-corrected chi connectivity index (χ4v) is 1.90. The molecule has 20 heavy (non-hydrogen) atoms. The predicted octanol–water partition coefficient (Wildman–Crippen LogP) is 2.54. The smallest absolute Gasteiger partial charge is 0.187 e. The van der Waals surface area contributed by atoms with Crippen molar-refractivity contribution in [3.05, 3.63) is 34.8 Å². The second-order valence-corrected chi connectivity index (χ2v) is 4.91. The quantitative estimate of drug-likeness (QED) is 0.316. The molecule has 0 fully saturated rings. The van der Waals surface area contributed by atoms with Crippen molar-refractivity contribution in [2.24, 2.45) is 5.10 Å². The van der Waals surface area contributed by atoms with Crippen molar-refractivity contribution in [1.29, 1.82) is 0 Å². The van der Waals surface area contributed by atoms with Gasteiger partial charge in [-0.05, 0) is 52.8 Å². The van der Waals surface area contributed by atoms with E-state index in [4.69, 9.17) is 17.0 Å². The van der Waals surface area contributed by atoms with Crippen LogP contribution in [0.15, 0.2) is 34.4 Å². The average Bonchev–Trinajstić information content (AvgIpc) is 2.42. The van der Waals surface area contributed by atoms with Gasteiger partial charge in [0.05, 0.1) is 17.3 Å². The summed E-state index contributed by atoms with van der Waals surface area (Å²) in [4.78, 5) is 0. The lowest BCUT2D eigenvalue weighted by atomic mass is 10.2. The van der Waals surface area contributed by atoms with Crippen LogP contribution >= 0.6 is 28.1 Å². The van der Waals surface area contributed by atoms with Crippen LogP contribution in [0, 0.1) is 0 Å². The maximum Gasteiger partial charge on any atom is 0.187 e. The van der Waals surface area contributed by atoms with Crippen LogP contribution in [-0.2, 0) is 0 Å². The Balaban J connectivity index is 2.72. The molecule has 108 valence electrons. The summed E-state index contributed by atoms with van der Waals surface area (Å²) in [5.41, 5.74) is 3.44. The molecule has 0 aliphatic rings. The van der Waals surface area contributed by atoms with Gasteiger partial charge in [-0.15, -0.1) is 6.58 Å². The van der Waals surface area contributed by atoms with E-state index < -0.39 is 0 Å². The molecule has 0 saturated heterocycles. The summed E-state index contributed by atoms with van der Waals surface area (Å²) in [7, 11) is 0. The standard InChI is InChI=1S/C13H16BrN3O2S/c1-3-5-15-13(20)17-16-8-9-6-10(14)12(18)11(7-9)19-4-2/h3,6-8,18H,1,4-5H2,2H3,(H2,15,17,20)/b16-8-. The fourth-order valence-electron chi connectivity index (χ4n) is 1.30. The minimum absolute atomic E-state index is 0.0696. The van der Waals surface area contributed by atoms with Crippen molar-refractivity contribution in [3.8, 4) is 11.5 Å². The van der Waals surface area contributed by atoms with Gasteiger partial charge >= 0.3 is 0 Å². The Morgan fingerprint density at radius 1 is 1.60 bits per heavy atom. The lowest BCUT2D eigenvalue weighted by Gasteiger charge is -2.08. The molecule has 0 aliphatic heterocycles. The minimum Gasteiger partial charge on any atom is -0.503 e. The van der Waals surface area contributed by atoms with Crippen LogP contribution in [0.5, 0.6) is 11.5 Å². The molecule has 0 amide bonds. The first-order valence-corrected chi connectivity index (χ1v) is 7.11. The molecule has 0 aromatic heterocycles. The normalized spacial score (nSPS) is 10.3. The number of phenols is 1. The molecule has 0 unspecified atom stereocenters. The molecule has 0 atom stereocenters. The third-order valence-corrected chi connectivity index (χ3v) is 2.98. The molecule has 0 heterocycles. The number of benzene rings is 1. The van der Waals surface area contributed by atoms with E-state index in [1.165, 1.54) is 0 Å². The molecule has 1 rings (SSSR count). The number of hydrogen-bond acceptors (Lipinski definition) is 4. The second kappa shape index (κ2) is 8.55. The first-order valence-electron chi connectivity index (χ1n) is 5.91. The van der Waals surface area contributed by atoms with E-state index >= 15 is 0 Å². The van der Waals surface area contributed by atoms with Crippen LogP contribution in [0.1, 0.15) is 12.5 Å². The Labute approximate surface area is 131 Å². The van der Waals surface area contributed by atoms with Crippen molar-refractivity contribution in [1.82, 2.24) is 10.7 Å². The molecule has 1 aromatic carbocycles. The maximum absolute atomic E-state index is 9.79. The highest BCUT2D eigenvalue weighted by Gasteiger charge is 2.08. The Bertz CT molecular complexity index is 521. The Morgan fingerprint density at radius 3 is 3.00 bits per heavy atom. The highest BCUT2D eigenvalue weighted by molar-refractivity contribution is 9.10. The zero-order valence-corrected chi connectivity index (χ0v) is 13.4. The zero-order chi connectivity index (χ0) is 15.0. The number of aromatic hydroxyl groups is 1. The van der Waals surface area contributed by atoms with Crippen LogP contribution < -0.4 is 15.5 Å². The van der Waals surface area contributed by atoms with Crippen LogP contribution in [0.3, 0.4) is 0 Å². The minimum atomic E-state index is 0.0696. The zero-order valence-electron chi connectivity index (χ0n) is 11.0.